The highest BCUT2D eigenvalue weighted by atomic mass is 19.1. The summed E-state index contributed by atoms with van der Waals surface area (Å²) < 4.78 is 42.7. The second kappa shape index (κ2) is 10.2. The first-order valence-electron chi connectivity index (χ1n) is 8.70. The maximum Gasteiger partial charge on any atom is 0.344 e. The Kier molecular flexibility index (Phi) is 7.70. The first-order chi connectivity index (χ1) is 13.8. The number of carbonyl (C=O) groups is 2. The van der Waals surface area contributed by atoms with Crippen molar-refractivity contribution >= 4 is 17.6 Å². The van der Waals surface area contributed by atoms with E-state index in [-0.39, 0.29) is 0 Å². The Morgan fingerprint density at radius 2 is 1.86 bits per heavy atom. The van der Waals surface area contributed by atoms with Gasteiger partial charge in [-0.05, 0) is 43.2 Å². The molecule has 2 rings (SSSR count). The van der Waals surface area contributed by atoms with E-state index in [0.29, 0.717) is 17.9 Å². The molecule has 1 amide bonds. The van der Waals surface area contributed by atoms with Crippen LogP contribution < -0.4 is 14.8 Å². The minimum atomic E-state index is -1.29. The average molecular weight is 405 g/mol. The minimum Gasteiger partial charge on any atom is -0.493 e. The summed E-state index contributed by atoms with van der Waals surface area (Å²) in [5.74, 6) is -2.84. The van der Waals surface area contributed by atoms with Crippen LogP contribution >= 0.6 is 0 Å². The molecular weight excluding hydrogens is 384 g/mol. The second-order valence-corrected chi connectivity index (χ2v) is 5.98. The summed E-state index contributed by atoms with van der Waals surface area (Å²) in [6.45, 7) is 4.45. The number of hydrogen-bond donors (Lipinski definition) is 1. The predicted molar refractivity (Wildman–Crippen MR) is 103 cm³/mol. The molecule has 0 fully saturated rings. The van der Waals surface area contributed by atoms with Crippen molar-refractivity contribution < 1.29 is 32.6 Å². The Hall–Kier alpha value is -3.42. The summed E-state index contributed by atoms with van der Waals surface area (Å²) in [5.41, 5.74) is 0.346. The quantitative estimate of drug-likeness (QED) is 0.509. The van der Waals surface area contributed by atoms with E-state index in [0.717, 1.165) is 17.7 Å². The van der Waals surface area contributed by atoms with E-state index in [1.165, 1.54) is 20.1 Å². The van der Waals surface area contributed by atoms with Gasteiger partial charge < -0.3 is 19.5 Å². The molecule has 8 heteroatoms. The molecule has 1 atom stereocenters. The SMILES string of the molecule is C=CCc1ccc(OCC(=O)O[C@H](C)C(=O)Nc2c(F)cccc2F)c(OC)c1. The molecular formula is C21H21F2NO5. The summed E-state index contributed by atoms with van der Waals surface area (Å²) in [4.78, 5) is 24.0. The molecule has 0 radical (unpaired) electrons. The van der Waals surface area contributed by atoms with Crippen LogP contribution in [-0.2, 0) is 20.7 Å². The minimum absolute atomic E-state index is 0.322. The summed E-state index contributed by atoms with van der Waals surface area (Å²) in [6.07, 6.45) is 1.10. The van der Waals surface area contributed by atoms with Crippen molar-refractivity contribution in [1.82, 2.24) is 0 Å². The number of para-hydroxylation sites is 1. The van der Waals surface area contributed by atoms with Crippen LogP contribution in [0.15, 0.2) is 49.1 Å². The Balaban J connectivity index is 1.91. The zero-order chi connectivity index (χ0) is 21.4. The van der Waals surface area contributed by atoms with Crippen molar-refractivity contribution in [3.05, 3.63) is 66.3 Å². The number of halogens is 2. The first-order valence-corrected chi connectivity index (χ1v) is 8.70. The molecule has 6 nitrogen and oxygen atoms in total. The van der Waals surface area contributed by atoms with Crippen LogP contribution in [0, 0.1) is 11.6 Å². The molecule has 0 spiro atoms. The normalized spacial score (nSPS) is 11.3. The molecule has 2 aromatic rings. The number of rotatable bonds is 9. The van der Waals surface area contributed by atoms with Crippen LogP contribution in [0.2, 0.25) is 0 Å². The van der Waals surface area contributed by atoms with Crippen molar-refractivity contribution in [2.75, 3.05) is 19.0 Å². The maximum atomic E-state index is 13.6. The van der Waals surface area contributed by atoms with Crippen molar-refractivity contribution in [3.8, 4) is 11.5 Å². The molecule has 154 valence electrons. The highest BCUT2D eigenvalue weighted by Gasteiger charge is 2.21. The highest BCUT2D eigenvalue weighted by molar-refractivity contribution is 5.95. The zero-order valence-electron chi connectivity index (χ0n) is 16.0. The Morgan fingerprint density at radius 1 is 1.17 bits per heavy atom. The van der Waals surface area contributed by atoms with Gasteiger partial charge >= 0.3 is 5.97 Å². The number of hydrogen-bond acceptors (Lipinski definition) is 5. The number of ether oxygens (including phenoxy) is 3. The van der Waals surface area contributed by atoms with Crippen molar-refractivity contribution in [1.29, 1.82) is 0 Å². The molecule has 0 aliphatic heterocycles. The highest BCUT2D eigenvalue weighted by Crippen LogP contribution is 2.28. The van der Waals surface area contributed by atoms with Crippen LogP contribution in [0.1, 0.15) is 12.5 Å². The van der Waals surface area contributed by atoms with E-state index in [1.807, 2.05) is 0 Å². The fraction of sp³-hybridized carbons (Fsp3) is 0.238. The number of carbonyl (C=O) groups excluding carboxylic acids is 2. The molecule has 0 aliphatic carbocycles. The fourth-order valence-corrected chi connectivity index (χ4v) is 2.39. The van der Waals surface area contributed by atoms with Gasteiger partial charge in [0.25, 0.3) is 5.91 Å². The molecule has 0 aromatic heterocycles. The lowest BCUT2D eigenvalue weighted by Gasteiger charge is -2.15. The van der Waals surface area contributed by atoms with Gasteiger partial charge in [-0.1, -0.05) is 18.2 Å². The van der Waals surface area contributed by atoms with Gasteiger partial charge in [-0.15, -0.1) is 6.58 Å². The van der Waals surface area contributed by atoms with Crippen molar-refractivity contribution in [2.45, 2.75) is 19.4 Å². The lowest BCUT2D eigenvalue weighted by atomic mass is 10.1. The summed E-state index contributed by atoms with van der Waals surface area (Å²) in [6, 6.07) is 8.35. The molecule has 29 heavy (non-hydrogen) atoms. The largest absolute Gasteiger partial charge is 0.493 e. The van der Waals surface area contributed by atoms with Crippen molar-refractivity contribution in [3.63, 3.8) is 0 Å². The Labute approximate surface area is 167 Å². The summed E-state index contributed by atoms with van der Waals surface area (Å²) in [7, 11) is 1.46. The number of allylic oxidation sites excluding steroid dienone is 1. The van der Waals surface area contributed by atoms with Gasteiger partial charge in [-0.3, -0.25) is 4.79 Å². The Bertz CT molecular complexity index is 880. The predicted octanol–water partition coefficient (Wildman–Crippen LogP) is 3.65. The molecule has 0 saturated heterocycles. The second-order valence-electron chi connectivity index (χ2n) is 5.98. The molecule has 0 unspecified atom stereocenters. The third-order valence-electron chi connectivity index (χ3n) is 3.84. The van der Waals surface area contributed by atoms with E-state index < -0.39 is 41.9 Å². The monoisotopic (exact) mass is 405 g/mol. The van der Waals surface area contributed by atoms with Gasteiger partial charge in [0.2, 0.25) is 0 Å². The molecule has 0 aliphatic rings. The van der Waals surface area contributed by atoms with Crippen LogP contribution in [0.5, 0.6) is 11.5 Å². The number of nitrogens with one attached hydrogen (secondary N) is 1. The average Bonchev–Trinajstić information content (AvgIpc) is 2.69. The first kappa shape index (κ1) is 21.9. The smallest absolute Gasteiger partial charge is 0.344 e. The van der Waals surface area contributed by atoms with E-state index in [4.69, 9.17) is 14.2 Å². The topological polar surface area (TPSA) is 73.9 Å². The molecule has 0 bridgehead atoms. The van der Waals surface area contributed by atoms with E-state index >= 15 is 0 Å². The third-order valence-corrected chi connectivity index (χ3v) is 3.84. The number of amides is 1. The number of benzene rings is 2. The van der Waals surface area contributed by atoms with E-state index in [9.17, 15) is 18.4 Å². The molecule has 2 aromatic carbocycles. The zero-order valence-corrected chi connectivity index (χ0v) is 16.0. The molecule has 0 heterocycles. The van der Waals surface area contributed by atoms with Gasteiger partial charge in [-0.2, -0.15) is 0 Å². The van der Waals surface area contributed by atoms with Crippen LogP contribution in [-0.4, -0.2) is 31.7 Å². The summed E-state index contributed by atoms with van der Waals surface area (Å²) in [5, 5.41) is 2.06. The third kappa shape index (κ3) is 6.03. The number of methoxy groups -OCH3 is 1. The Morgan fingerprint density at radius 3 is 2.48 bits per heavy atom. The van der Waals surface area contributed by atoms with Crippen LogP contribution in [0.3, 0.4) is 0 Å². The van der Waals surface area contributed by atoms with Crippen LogP contribution in [0.25, 0.3) is 0 Å². The van der Waals surface area contributed by atoms with E-state index in [1.54, 1.807) is 24.3 Å². The number of esters is 1. The van der Waals surface area contributed by atoms with Gasteiger partial charge in [-0.25, -0.2) is 13.6 Å². The van der Waals surface area contributed by atoms with Gasteiger partial charge in [0.15, 0.2) is 24.2 Å². The summed E-state index contributed by atoms with van der Waals surface area (Å²) >= 11 is 0. The maximum absolute atomic E-state index is 13.6. The lowest BCUT2D eigenvalue weighted by molar-refractivity contribution is -0.155. The molecule has 1 N–H and O–H groups in total. The number of anilines is 1. The lowest BCUT2D eigenvalue weighted by Crippen LogP contribution is -2.32. The fourth-order valence-electron chi connectivity index (χ4n) is 2.39. The standard InChI is InChI=1S/C21H21F2NO5/c1-4-6-14-9-10-17(18(11-14)27-3)28-12-19(25)29-13(2)21(26)24-20-15(22)7-5-8-16(20)23/h4-5,7-11,13H,1,6,12H2,2-3H3,(H,24,26)/t13-/m1/s1. The van der Waals surface area contributed by atoms with Crippen molar-refractivity contribution in [2.24, 2.45) is 0 Å². The van der Waals surface area contributed by atoms with E-state index in [2.05, 4.69) is 11.9 Å². The molecule has 0 saturated carbocycles. The van der Waals surface area contributed by atoms with Crippen LogP contribution in [0.4, 0.5) is 14.5 Å². The van der Waals surface area contributed by atoms with Gasteiger partial charge in [0.05, 0.1) is 7.11 Å². The van der Waals surface area contributed by atoms with Gasteiger partial charge in [0.1, 0.15) is 17.3 Å². The van der Waals surface area contributed by atoms with Gasteiger partial charge in [0, 0.05) is 0 Å².